The first-order chi connectivity index (χ1) is 8.15. The molecular formula is C12H17Br2NOS. The van der Waals surface area contributed by atoms with Gasteiger partial charge in [-0.2, -0.15) is 0 Å². The van der Waals surface area contributed by atoms with Gasteiger partial charge in [-0.25, -0.2) is 0 Å². The molecular weight excluding hydrogens is 366 g/mol. The molecule has 0 aliphatic rings. The van der Waals surface area contributed by atoms with E-state index in [4.69, 9.17) is 0 Å². The number of unbranched alkanes of at least 4 members (excludes halogenated alkanes) is 3. The Labute approximate surface area is 123 Å². The number of hydrogen-bond acceptors (Lipinski definition) is 2. The first-order valence-electron chi connectivity index (χ1n) is 5.75. The van der Waals surface area contributed by atoms with Crippen LogP contribution in [0.3, 0.4) is 0 Å². The highest BCUT2D eigenvalue weighted by Gasteiger charge is 2.10. The van der Waals surface area contributed by atoms with Crippen LogP contribution in [0, 0.1) is 6.92 Å². The van der Waals surface area contributed by atoms with E-state index in [1.807, 2.05) is 13.0 Å². The molecule has 0 bridgehead atoms. The molecule has 1 aromatic heterocycles. The lowest BCUT2D eigenvalue weighted by molar-refractivity contribution is 0.0957. The van der Waals surface area contributed by atoms with Gasteiger partial charge in [-0.3, -0.25) is 4.79 Å². The Kier molecular flexibility index (Phi) is 7.39. The van der Waals surface area contributed by atoms with Gasteiger partial charge in [-0.15, -0.1) is 11.3 Å². The third-order valence-electron chi connectivity index (χ3n) is 2.43. The molecule has 1 heterocycles. The van der Waals surface area contributed by atoms with Gasteiger partial charge in [0.2, 0.25) is 0 Å². The van der Waals surface area contributed by atoms with Crippen LogP contribution >= 0.6 is 43.2 Å². The fraction of sp³-hybridized carbons (Fsp3) is 0.583. The van der Waals surface area contributed by atoms with E-state index in [2.05, 4.69) is 37.2 Å². The van der Waals surface area contributed by atoms with Gasteiger partial charge in [0, 0.05) is 11.9 Å². The van der Waals surface area contributed by atoms with Crippen molar-refractivity contribution in [1.82, 2.24) is 5.32 Å². The quantitative estimate of drug-likeness (QED) is 0.545. The maximum absolute atomic E-state index is 11.8. The summed E-state index contributed by atoms with van der Waals surface area (Å²) in [6, 6.07) is 1.93. The van der Waals surface area contributed by atoms with E-state index in [0.717, 1.165) is 32.5 Å². The van der Waals surface area contributed by atoms with Crippen LogP contribution in [0.15, 0.2) is 9.85 Å². The molecule has 0 aliphatic carbocycles. The Balaban J connectivity index is 2.21. The van der Waals surface area contributed by atoms with E-state index in [1.54, 1.807) is 0 Å². The SMILES string of the molecule is Cc1cc(C(=O)NCCCCCCBr)sc1Br. The third-order valence-corrected chi connectivity index (χ3v) is 5.12. The fourth-order valence-corrected chi connectivity index (χ4v) is 3.28. The number of hydrogen-bond donors (Lipinski definition) is 1. The summed E-state index contributed by atoms with van der Waals surface area (Å²) in [5, 5.41) is 4.03. The lowest BCUT2D eigenvalue weighted by Gasteiger charge is -2.02. The molecule has 1 amide bonds. The standard InChI is InChI=1S/C12H17Br2NOS/c1-9-8-10(17-11(9)14)12(16)15-7-5-3-2-4-6-13/h8H,2-7H2,1H3,(H,15,16). The molecule has 0 aliphatic heterocycles. The van der Waals surface area contributed by atoms with Crippen LogP contribution in [-0.2, 0) is 0 Å². The molecule has 0 atom stereocenters. The number of thiophene rings is 1. The van der Waals surface area contributed by atoms with E-state index in [9.17, 15) is 4.79 Å². The molecule has 1 aromatic rings. The molecule has 96 valence electrons. The lowest BCUT2D eigenvalue weighted by atomic mass is 10.2. The second kappa shape index (κ2) is 8.27. The minimum absolute atomic E-state index is 0.0456. The maximum atomic E-state index is 11.8. The smallest absolute Gasteiger partial charge is 0.261 e. The van der Waals surface area contributed by atoms with Crippen LogP contribution in [-0.4, -0.2) is 17.8 Å². The molecule has 0 aromatic carbocycles. The molecule has 0 spiro atoms. The molecule has 1 N–H and O–H groups in total. The summed E-state index contributed by atoms with van der Waals surface area (Å²) in [6.07, 6.45) is 4.68. The average Bonchev–Trinajstić information content (AvgIpc) is 2.64. The number of halogens is 2. The maximum Gasteiger partial charge on any atom is 0.261 e. The van der Waals surface area contributed by atoms with Gasteiger partial charge in [0.25, 0.3) is 5.91 Å². The van der Waals surface area contributed by atoms with E-state index in [-0.39, 0.29) is 5.91 Å². The van der Waals surface area contributed by atoms with Crippen molar-refractivity contribution in [3.8, 4) is 0 Å². The zero-order valence-corrected chi connectivity index (χ0v) is 13.9. The van der Waals surface area contributed by atoms with Crippen molar-refractivity contribution in [3.63, 3.8) is 0 Å². The van der Waals surface area contributed by atoms with Crippen molar-refractivity contribution in [3.05, 3.63) is 20.3 Å². The van der Waals surface area contributed by atoms with Gasteiger partial charge in [0.05, 0.1) is 8.66 Å². The second-order valence-electron chi connectivity index (χ2n) is 3.93. The van der Waals surface area contributed by atoms with Crippen LogP contribution in [0.4, 0.5) is 0 Å². The Morgan fingerprint density at radius 2 is 2.06 bits per heavy atom. The largest absolute Gasteiger partial charge is 0.351 e. The summed E-state index contributed by atoms with van der Waals surface area (Å²) in [5.41, 5.74) is 1.12. The highest BCUT2D eigenvalue weighted by Crippen LogP contribution is 2.27. The van der Waals surface area contributed by atoms with Crippen molar-refractivity contribution < 1.29 is 4.79 Å². The van der Waals surface area contributed by atoms with Gasteiger partial charge in [-0.1, -0.05) is 28.8 Å². The monoisotopic (exact) mass is 381 g/mol. The van der Waals surface area contributed by atoms with Crippen LogP contribution in [0.1, 0.15) is 40.9 Å². The lowest BCUT2D eigenvalue weighted by Crippen LogP contribution is -2.23. The molecule has 0 fully saturated rings. The van der Waals surface area contributed by atoms with Gasteiger partial charge >= 0.3 is 0 Å². The summed E-state index contributed by atoms with van der Waals surface area (Å²) in [4.78, 5) is 12.6. The second-order valence-corrected chi connectivity index (χ2v) is 7.09. The predicted octanol–water partition coefficient (Wildman–Crippen LogP) is 4.50. The number of rotatable bonds is 7. The number of amides is 1. The molecule has 0 saturated carbocycles. The summed E-state index contributed by atoms with van der Waals surface area (Å²) < 4.78 is 1.04. The molecule has 5 heteroatoms. The summed E-state index contributed by atoms with van der Waals surface area (Å²) in [6.45, 7) is 2.77. The predicted molar refractivity (Wildman–Crippen MR) is 81.4 cm³/mol. The van der Waals surface area contributed by atoms with E-state index < -0.39 is 0 Å². The topological polar surface area (TPSA) is 29.1 Å². The summed E-state index contributed by atoms with van der Waals surface area (Å²) in [5.74, 6) is 0.0456. The van der Waals surface area contributed by atoms with Crippen molar-refractivity contribution >= 4 is 49.1 Å². The fourth-order valence-electron chi connectivity index (χ4n) is 1.43. The zero-order chi connectivity index (χ0) is 12.7. The van der Waals surface area contributed by atoms with Gasteiger partial charge < -0.3 is 5.32 Å². The Morgan fingerprint density at radius 1 is 1.35 bits per heavy atom. The van der Waals surface area contributed by atoms with Gasteiger partial charge in [0.15, 0.2) is 0 Å². The van der Waals surface area contributed by atoms with Crippen LogP contribution < -0.4 is 5.32 Å². The number of nitrogens with one attached hydrogen (secondary N) is 1. The third kappa shape index (κ3) is 5.53. The molecule has 2 nitrogen and oxygen atoms in total. The first kappa shape index (κ1) is 15.2. The highest BCUT2D eigenvalue weighted by molar-refractivity contribution is 9.11. The number of carbonyl (C=O) groups is 1. The van der Waals surface area contributed by atoms with Gasteiger partial charge in [0.1, 0.15) is 0 Å². The Hall–Kier alpha value is 0.130. The van der Waals surface area contributed by atoms with Crippen LogP contribution in [0.25, 0.3) is 0 Å². The average molecular weight is 383 g/mol. The van der Waals surface area contributed by atoms with Gasteiger partial charge in [-0.05, 0) is 47.3 Å². The normalized spacial score (nSPS) is 10.5. The van der Waals surface area contributed by atoms with Crippen molar-refractivity contribution in [2.45, 2.75) is 32.6 Å². The molecule has 17 heavy (non-hydrogen) atoms. The first-order valence-corrected chi connectivity index (χ1v) is 8.48. The molecule has 0 saturated heterocycles. The summed E-state index contributed by atoms with van der Waals surface area (Å²) in [7, 11) is 0. The summed E-state index contributed by atoms with van der Waals surface area (Å²) >= 11 is 8.33. The number of aryl methyl sites for hydroxylation is 1. The number of carbonyl (C=O) groups excluding carboxylic acids is 1. The van der Waals surface area contributed by atoms with Crippen molar-refractivity contribution in [2.75, 3.05) is 11.9 Å². The van der Waals surface area contributed by atoms with E-state index in [1.165, 1.54) is 30.6 Å². The van der Waals surface area contributed by atoms with Crippen molar-refractivity contribution in [1.29, 1.82) is 0 Å². The van der Waals surface area contributed by atoms with Crippen molar-refractivity contribution in [2.24, 2.45) is 0 Å². The molecule has 1 rings (SSSR count). The molecule has 0 unspecified atom stereocenters. The van der Waals surface area contributed by atoms with E-state index in [0.29, 0.717) is 0 Å². The van der Waals surface area contributed by atoms with Crippen LogP contribution in [0.5, 0.6) is 0 Å². The minimum Gasteiger partial charge on any atom is -0.351 e. The zero-order valence-electron chi connectivity index (χ0n) is 9.89. The molecule has 0 radical (unpaired) electrons. The minimum atomic E-state index is 0.0456. The van der Waals surface area contributed by atoms with E-state index >= 15 is 0 Å². The Morgan fingerprint density at radius 3 is 2.65 bits per heavy atom. The highest BCUT2D eigenvalue weighted by atomic mass is 79.9. The van der Waals surface area contributed by atoms with Crippen LogP contribution in [0.2, 0.25) is 0 Å². The Bertz CT molecular complexity index is 346. The number of alkyl halides is 1.